The van der Waals surface area contributed by atoms with Crippen LogP contribution in [0, 0.1) is 5.92 Å². The van der Waals surface area contributed by atoms with E-state index in [4.69, 9.17) is 0 Å². The molecule has 0 spiro atoms. The van der Waals surface area contributed by atoms with Crippen molar-refractivity contribution in [1.29, 1.82) is 0 Å². The first kappa shape index (κ1) is 14.8. The number of carbonyl (C=O) groups is 1. The molecule has 1 atom stereocenters. The van der Waals surface area contributed by atoms with Gasteiger partial charge in [0, 0.05) is 24.0 Å². The van der Waals surface area contributed by atoms with Crippen molar-refractivity contribution in [2.45, 2.75) is 43.7 Å². The lowest BCUT2D eigenvalue weighted by Gasteiger charge is -2.38. The van der Waals surface area contributed by atoms with Crippen LogP contribution < -0.4 is 10.6 Å². The molecule has 1 amide bonds. The molecule has 1 heterocycles. The molecule has 3 N–H and O–H groups in total. The summed E-state index contributed by atoms with van der Waals surface area (Å²) in [5, 5.41) is 15.9. The standard InChI is InChI=1S/C14H27N3O2/c1-15-14(10-18)6-3-11(4-7-14)13(19)16-12-5-8-17(2)9-12/h11-12,15,18H,3-10H2,1-2H3,(H,16,19). The molecule has 5 heteroatoms. The molecule has 0 aromatic heterocycles. The first-order chi connectivity index (χ1) is 9.08. The van der Waals surface area contributed by atoms with Crippen molar-refractivity contribution in [3.8, 4) is 0 Å². The predicted octanol–water partition coefficient (Wildman–Crippen LogP) is -0.0526. The summed E-state index contributed by atoms with van der Waals surface area (Å²) in [6, 6.07) is 0.325. The number of rotatable bonds is 4. The van der Waals surface area contributed by atoms with E-state index in [1.807, 2.05) is 7.05 Å². The second kappa shape index (κ2) is 6.20. The number of aliphatic hydroxyl groups excluding tert-OH is 1. The lowest BCUT2D eigenvalue weighted by atomic mass is 9.76. The molecule has 1 aliphatic heterocycles. The normalized spacial score (nSPS) is 36.4. The van der Waals surface area contributed by atoms with Gasteiger partial charge >= 0.3 is 0 Å². The van der Waals surface area contributed by atoms with E-state index in [1.54, 1.807) is 0 Å². The maximum atomic E-state index is 12.2. The Balaban J connectivity index is 1.79. The molecule has 0 aromatic rings. The highest BCUT2D eigenvalue weighted by atomic mass is 16.3. The van der Waals surface area contributed by atoms with Crippen LogP contribution in [0.3, 0.4) is 0 Å². The van der Waals surface area contributed by atoms with Crippen LogP contribution in [0.1, 0.15) is 32.1 Å². The fourth-order valence-corrected chi connectivity index (χ4v) is 3.29. The average molecular weight is 269 g/mol. The summed E-state index contributed by atoms with van der Waals surface area (Å²) >= 11 is 0. The molecule has 0 radical (unpaired) electrons. The Hall–Kier alpha value is -0.650. The van der Waals surface area contributed by atoms with E-state index in [9.17, 15) is 9.90 Å². The number of carbonyl (C=O) groups excluding carboxylic acids is 1. The highest BCUT2D eigenvalue weighted by Gasteiger charge is 2.36. The summed E-state index contributed by atoms with van der Waals surface area (Å²) in [7, 11) is 3.99. The van der Waals surface area contributed by atoms with Crippen molar-refractivity contribution in [2.75, 3.05) is 33.8 Å². The highest BCUT2D eigenvalue weighted by molar-refractivity contribution is 5.79. The Morgan fingerprint density at radius 3 is 2.53 bits per heavy atom. The summed E-state index contributed by atoms with van der Waals surface area (Å²) in [6.45, 7) is 2.20. The maximum absolute atomic E-state index is 12.2. The number of aliphatic hydroxyl groups is 1. The molecular weight excluding hydrogens is 242 g/mol. The lowest BCUT2D eigenvalue weighted by Crippen LogP contribution is -2.51. The van der Waals surface area contributed by atoms with Gasteiger partial charge in [0.25, 0.3) is 0 Å². The van der Waals surface area contributed by atoms with Gasteiger partial charge < -0.3 is 20.6 Å². The minimum absolute atomic E-state index is 0.124. The molecule has 2 aliphatic rings. The van der Waals surface area contributed by atoms with Crippen molar-refractivity contribution in [1.82, 2.24) is 15.5 Å². The number of hydrogen-bond donors (Lipinski definition) is 3. The van der Waals surface area contributed by atoms with E-state index >= 15 is 0 Å². The largest absolute Gasteiger partial charge is 0.394 e. The van der Waals surface area contributed by atoms with Gasteiger partial charge in [-0.25, -0.2) is 0 Å². The summed E-state index contributed by atoms with van der Waals surface area (Å²) < 4.78 is 0. The van der Waals surface area contributed by atoms with E-state index in [1.165, 1.54) is 0 Å². The first-order valence-electron chi connectivity index (χ1n) is 7.37. The number of nitrogens with one attached hydrogen (secondary N) is 2. The molecule has 2 rings (SSSR count). The highest BCUT2D eigenvalue weighted by Crippen LogP contribution is 2.31. The van der Waals surface area contributed by atoms with Crippen LogP contribution in [0.4, 0.5) is 0 Å². The zero-order chi connectivity index (χ0) is 13.9. The van der Waals surface area contributed by atoms with E-state index in [2.05, 4.69) is 22.6 Å². The van der Waals surface area contributed by atoms with Crippen LogP contribution in [0.5, 0.6) is 0 Å². The molecule has 1 unspecified atom stereocenters. The van der Waals surface area contributed by atoms with Crippen LogP contribution in [0.2, 0.25) is 0 Å². The molecular formula is C14H27N3O2. The number of amides is 1. The van der Waals surface area contributed by atoms with Gasteiger partial charge in [-0.2, -0.15) is 0 Å². The van der Waals surface area contributed by atoms with Gasteiger partial charge in [-0.3, -0.25) is 4.79 Å². The van der Waals surface area contributed by atoms with Gasteiger partial charge in [-0.15, -0.1) is 0 Å². The second-order valence-corrected chi connectivity index (χ2v) is 6.22. The average Bonchev–Trinajstić information content (AvgIpc) is 2.84. The molecule has 0 aromatic carbocycles. The van der Waals surface area contributed by atoms with Crippen LogP contribution in [0.25, 0.3) is 0 Å². The quantitative estimate of drug-likeness (QED) is 0.669. The topological polar surface area (TPSA) is 64.6 Å². The Labute approximate surface area is 115 Å². The molecule has 2 fully saturated rings. The Morgan fingerprint density at radius 1 is 1.37 bits per heavy atom. The third-order valence-corrected chi connectivity index (χ3v) is 4.88. The molecule has 19 heavy (non-hydrogen) atoms. The van der Waals surface area contributed by atoms with Gasteiger partial charge in [0.2, 0.25) is 5.91 Å². The van der Waals surface area contributed by atoms with Crippen LogP contribution in [-0.4, -0.2) is 61.3 Å². The van der Waals surface area contributed by atoms with Crippen molar-refractivity contribution in [3.63, 3.8) is 0 Å². The maximum Gasteiger partial charge on any atom is 0.223 e. The zero-order valence-electron chi connectivity index (χ0n) is 12.1. The number of hydrogen-bond acceptors (Lipinski definition) is 4. The van der Waals surface area contributed by atoms with Crippen LogP contribution in [-0.2, 0) is 4.79 Å². The molecule has 110 valence electrons. The Bertz CT molecular complexity index is 308. The lowest BCUT2D eigenvalue weighted by molar-refractivity contribution is -0.127. The third-order valence-electron chi connectivity index (χ3n) is 4.88. The minimum atomic E-state index is -0.162. The monoisotopic (exact) mass is 269 g/mol. The molecule has 1 saturated carbocycles. The van der Waals surface area contributed by atoms with E-state index in [0.717, 1.165) is 45.2 Å². The Kier molecular flexibility index (Phi) is 4.81. The number of likely N-dealkylation sites (tertiary alicyclic amines) is 1. The van der Waals surface area contributed by atoms with E-state index in [0.29, 0.717) is 6.04 Å². The summed E-state index contributed by atoms with van der Waals surface area (Å²) in [5.41, 5.74) is -0.162. The Morgan fingerprint density at radius 2 is 2.05 bits per heavy atom. The zero-order valence-corrected chi connectivity index (χ0v) is 12.1. The van der Waals surface area contributed by atoms with E-state index < -0.39 is 0 Å². The third kappa shape index (κ3) is 3.46. The first-order valence-corrected chi connectivity index (χ1v) is 7.37. The second-order valence-electron chi connectivity index (χ2n) is 6.22. The number of likely N-dealkylation sites (N-methyl/N-ethyl adjacent to an activating group) is 2. The SMILES string of the molecule is CNC1(CO)CCC(C(=O)NC2CCN(C)C2)CC1. The fourth-order valence-electron chi connectivity index (χ4n) is 3.29. The van der Waals surface area contributed by atoms with Gasteiger partial charge in [0.05, 0.1) is 6.61 Å². The summed E-state index contributed by atoms with van der Waals surface area (Å²) in [4.78, 5) is 14.5. The van der Waals surface area contributed by atoms with Crippen molar-refractivity contribution < 1.29 is 9.90 Å². The molecule has 1 saturated heterocycles. The predicted molar refractivity (Wildman–Crippen MR) is 74.9 cm³/mol. The molecule has 0 bridgehead atoms. The van der Waals surface area contributed by atoms with Crippen molar-refractivity contribution >= 4 is 5.91 Å². The van der Waals surface area contributed by atoms with Crippen molar-refractivity contribution in [2.24, 2.45) is 5.92 Å². The van der Waals surface area contributed by atoms with Gasteiger partial charge in [0.15, 0.2) is 0 Å². The van der Waals surface area contributed by atoms with Crippen LogP contribution in [0.15, 0.2) is 0 Å². The van der Waals surface area contributed by atoms with Gasteiger partial charge in [-0.1, -0.05) is 0 Å². The summed E-state index contributed by atoms with van der Waals surface area (Å²) in [5.74, 6) is 0.335. The smallest absolute Gasteiger partial charge is 0.223 e. The molecule has 5 nitrogen and oxygen atoms in total. The van der Waals surface area contributed by atoms with Crippen molar-refractivity contribution in [3.05, 3.63) is 0 Å². The summed E-state index contributed by atoms with van der Waals surface area (Å²) in [6.07, 6.45) is 4.56. The van der Waals surface area contributed by atoms with Gasteiger partial charge in [-0.05, 0) is 52.7 Å². The molecule has 1 aliphatic carbocycles. The minimum Gasteiger partial charge on any atom is -0.394 e. The van der Waals surface area contributed by atoms with E-state index in [-0.39, 0.29) is 24.0 Å². The number of nitrogens with zero attached hydrogens (tertiary/aromatic N) is 1. The fraction of sp³-hybridized carbons (Fsp3) is 0.929. The van der Waals surface area contributed by atoms with Gasteiger partial charge in [0.1, 0.15) is 0 Å². The van der Waals surface area contributed by atoms with Crippen LogP contribution >= 0.6 is 0 Å².